The summed E-state index contributed by atoms with van der Waals surface area (Å²) in [7, 11) is 1.55. The summed E-state index contributed by atoms with van der Waals surface area (Å²) in [4.78, 5) is 12.3. The highest BCUT2D eigenvalue weighted by Gasteiger charge is 2.48. The second kappa shape index (κ2) is 6.28. The smallest absolute Gasteiger partial charge is 0.310 e. The van der Waals surface area contributed by atoms with Crippen LogP contribution in [0.5, 0.6) is 0 Å². The van der Waals surface area contributed by atoms with E-state index in [0.29, 0.717) is 18.0 Å². The Hall–Kier alpha value is -0.570. The molecule has 120 valence electrons. The number of nitrogens with one attached hydrogen (secondary N) is 1. The van der Waals surface area contributed by atoms with E-state index in [0.717, 1.165) is 24.2 Å². The normalized spacial score (nSPS) is 43.0. The number of ether oxygens (including phenoxy) is 1. The van der Waals surface area contributed by atoms with Gasteiger partial charge >= 0.3 is 5.97 Å². The molecular weight excluding hydrogens is 262 g/mol. The van der Waals surface area contributed by atoms with Crippen molar-refractivity contribution in [2.24, 2.45) is 29.6 Å². The molecule has 3 nitrogen and oxygen atoms in total. The Morgan fingerprint density at radius 1 is 1.10 bits per heavy atom. The molecule has 0 amide bonds. The van der Waals surface area contributed by atoms with Gasteiger partial charge in [0, 0.05) is 12.1 Å². The van der Waals surface area contributed by atoms with E-state index in [4.69, 9.17) is 4.74 Å². The van der Waals surface area contributed by atoms with Gasteiger partial charge in [0.15, 0.2) is 0 Å². The molecule has 0 radical (unpaired) electrons. The van der Waals surface area contributed by atoms with E-state index in [2.05, 4.69) is 19.2 Å². The lowest BCUT2D eigenvalue weighted by atomic mass is 9.66. The minimum absolute atomic E-state index is 0.0313. The zero-order valence-corrected chi connectivity index (χ0v) is 13.8. The molecule has 1 saturated carbocycles. The van der Waals surface area contributed by atoms with Crippen LogP contribution in [0.2, 0.25) is 0 Å². The van der Waals surface area contributed by atoms with Crippen LogP contribution in [-0.4, -0.2) is 25.2 Å². The molecule has 4 unspecified atom stereocenters. The average molecular weight is 293 g/mol. The zero-order valence-electron chi connectivity index (χ0n) is 13.8. The molecular formula is C18H31NO2. The van der Waals surface area contributed by atoms with Gasteiger partial charge in [0.1, 0.15) is 0 Å². The summed E-state index contributed by atoms with van der Waals surface area (Å²) in [6.07, 6.45) is 8.94. The minimum Gasteiger partial charge on any atom is -0.469 e. The van der Waals surface area contributed by atoms with Crippen molar-refractivity contribution in [2.45, 2.75) is 70.9 Å². The van der Waals surface area contributed by atoms with E-state index in [9.17, 15) is 4.79 Å². The first-order valence-electron chi connectivity index (χ1n) is 8.94. The first-order valence-corrected chi connectivity index (χ1v) is 8.94. The highest BCUT2D eigenvalue weighted by atomic mass is 16.5. The summed E-state index contributed by atoms with van der Waals surface area (Å²) in [6.45, 7) is 4.71. The van der Waals surface area contributed by atoms with Gasteiger partial charge < -0.3 is 10.1 Å². The third-order valence-corrected chi connectivity index (χ3v) is 6.57. The van der Waals surface area contributed by atoms with Crippen LogP contribution in [0.15, 0.2) is 0 Å². The number of hydrogen-bond acceptors (Lipinski definition) is 3. The quantitative estimate of drug-likeness (QED) is 0.811. The summed E-state index contributed by atoms with van der Waals surface area (Å²) < 4.78 is 5.14. The number of rotatable bonds is 3. The van der Waals surface area contributed by atoms with Crippen molar-refractivity contribution in [2.75, 3.05) is 7.11 Å². The molecule has 0 spiro atoms. The van der Waals surface area contributed by atoms with Crippen LogP contribution in [0.1, 0.15) is 58.8 Å². The molecule has 0 aromatic rings. The van der Waals surface area contributed by atoms with Crippen molar-refractivity contribution in [1.82, 2.24) is 5.32 Å². The fourth-order valence-corrected chi connectivity index (χ4v) is 5.29. The van der Waals surface area contributed by atoms with Crippen molar-refractivity contribution < 1.29 is 9.53 Å². The minimum atomic E-state index is 0.0313. The summed E-state index contributed by atoms with van der Waals surface area (Å²) in [5, 5.41) is 3.65. The highest BCUT2D eigenvalue weighted by Crippen LogP contribution is 2.46. The van der Waals surface area contributed by atoms with Crippen LogP contribution in [0.3, 0.4) is 0 Å². The van der Waals surface area contributed by atoms with Gasteiger partial charge in [-0.2, -0.15) is 0 Å². The van der Waals surface area contributed by atoms with E-state index in [1.54, 1.807) is 7.11 Å². The number of methoxy groups -OCH3 is 1. The Labute approximate surface area is 129 Å². The van der Waals surface area contributed by atoms with Crippen LogP contribution >= 0.6 is 0 Å². The average Bonchev–Trinajstić information content (AvgIpc) is 2.88. The molecule has 2 heterocycles. The highest BCUT2D eigenvalue weighted by molar-refractivity contribution is 5.74. The number of fused-ring (bicyclic) bond motifs is 2. The summed E-state index contributed by atoms with van der Waals surface area (Å²) in [6, 6.07) is 1.03. The third kappa shape index (κ3) is 2.99. The fraction of sp³-hybridized carbons (Fsp3) is 0.944. The van der Waals surface area contributed by atoms with Crippen LogP contribution in [-0.2, 0) is 9.53 Å². The first kappa shape index (κ1) is 15.3. The molecule has 3 rings (SSSR count). The Morgan fingerprint density at radius 2 is 1.81 bits per heavy atom. The van der Waals surface area contributed by atoms with Gasteiger partial charge in [-0.25, -0.2) is 0 Å². The molecule has 2 saturated heterocycles. The van der Waals surface area contributed by atoms with E-state index in [1.807, 2.05) is 0 Å². The molecule has 4 atom stereocenters. The number of carbonyl (C=O) groups excluding carboxylic acids is 1. The van der Waals surface area contributed by atoms with Gasteiger partial charge in [0.2, 0.25) is 0 Å². The number of esters is 1. The van der Waals surface area contributed by atoms with Crippen molar-refractivity contribution in [3.8, 4) is 0 Å². The van der Waals surface area contributed by atoms with E-state index in [-0.39, 0.29) is 11.9 Å². The van der Waals surface area contributed by atoms with Crippen LogP contribution in [0.4, 0.5) is 0 Å². The standard InChI is InChI=1S/C18H31NO2/c1-11(2)12-4-6-13(7-5-12)15-10-14-8-9-16(19-14)17(15)18(20)21-3/h11-17,19H,4-10H2,1-3H3. The molecule has 2 aliphatic heterocycles. The SMILES string of the molecule is COC(=O)C1C2CCC(CC1C1CCC(C(C)C)CC1)N2. The fourth-order valence-electron chi connectivity index (χ4n) is 5.29. The van der Waals surface area contributed by atoms with Gasteiger partial charge in [-0.1, -0.05) is 13.8 Å². The monoisotopic (exact) mass is 293 g/mol. The molecule has 1 aliphatic carbocycles. The number of carbonyl (C=O) groups is 1. The van der Waals surface area contributed by atoms with E-state index >= 15 is 0 Å². The lowest BCUT2D eigenvalue weighted by molar-refractivity contribution is -0.151. The Bertz CT molecular complexity index is 373. The number of piperidine rings is 1. The molecule has 3 fully saturated rings. The predicted octanol–water partition coefficient (Wildman–Crippen LogP) is 3.38. The van der Waals surface area contributed by atoms with Crippen molar-refractivity contribution in [3.05, 3.63) is 0 Å². The van der Waals surface area contributed by atoms with Gasteiger partial charge in [0.25, 0.3) is 0 Å². The lowest BCUT2D eigenvalue weighted by Gasteiger charge is -2.43. The van der Waals surface area contributed by atoms with Gasteiger partial charge in [0.05, 0.1) is 13.0 Å². The van der Waals surface area contributed by atoms with Crippen molar-refractivity contribution in [3.63, 3.8) is 0 Å². The maximum Gasteiger partial charge on any atom is 0.310 e. The van der Waals surface area contributed by atoms with Gasteiger partial charge in [-0.15, -0.1) is 0 Å². The predicted molar refractivity (Wildman–Crippen MR) is 83.8 cm³/mol. The van der Waals surface area contributed by atoms with Gasteiger partial charge in [-0.05, 0) is 68.6 Å². The van der Waals surface area contributed by atoms with E-state index in [1.165, 1.54) is 38.5 Å². The second-order valence-electron chi connectivity index (χ2n) is 7.91. The number of hydrogen-bond donors (Lipinski definition) is 1. The molecule has 3 aliphatic rings. The molecule has 0 aromatic carbocycles. The molecule has 3 heteroatoms. The zero-order chi connectivity index (χ0) is 15.0. The summed E-state index contributed by atoms with van der Waals surface area (Å²) in [5.41, 5.74) is 0. The Kier molecular flexibility index (Phi) is 4.58. The maximum atomic E-state index is 12.3. The summed E-state index contributed by atoms with van der Waals surface area (Å²) >= 11 is 0. The van der Waals surface area contributed by atoms with Crippen LogP contribution < -0.4 is 5.32 Å². The summed E-state index contributed by atoms with van der Waals surface area (Å²) in [5.74, 6) is 3.15. The third-order valence-electron chi connectivity index (χ3n) is 6.57. The van der Waals surface area contributed by atoms with Crippen molar-refractivity contribution >= 4 is 5.97 Å². The Balaban J connectivity index is 1.69. The van der Waals surface area contributed by atoms with E-state index < -0.39 is 0 Å². The Morgan fingerprint density at radius 3 is 2.43 bits per heavy atom. The van der Waals surface area contributed by atoms with Crippen LogP contribution in [0.25, 0.3) is 0 Å². The topological polar surface area (TPSA) is 38.3 Å². The molecule has 21 heavy (non-hydrogen) atoms. The maximum absolute atomic E-state index is 12.3. The first-order chi connectivity index (χ1) is 10.1. The molecule has 1 N–H and O–H groups in total. The largest absolute Gasteiger partial charge is 0.469 e. The molecule has 2 bridgehead atoms. The second-order valence-corrected chi connectivity index (χ2v) is 7.91. The van der Waals surface area contributed by atoms with Crippen molar-refractivity contribution in [1.29, 1.82) is 0 Å². The molecule has 0 aromatic heterocycles. The lowest BCUT2D eigenvalue weighted by Crippen LogP contribution is -2.51. The van der Waals surface area contributed by atoms with Gasteiger partial charge in [-0.3, -0.25) is 4.79 Å². The van der Waals surface area contributed by atoms with Crippen LogP contribution in [0, 0.1) is 29.6 Å².